The van der Waals surface area contributed by atoms with E-state index >= 15 is 0 Å². The van der Waals surface area contributed by atoms with Crippen molar-refractivity contribution in [1.82, 2.24) is 0 Å². The summed E-state index contributed by atoms with van der Waals surface area (Å²) in [6, 6.07) is 0. The summed E-state index contributed by atoms with van der Waals surface area (Å²) < 4.78 is 21.3. The summed E-state index contributed by atoms with van der Waals surface area (Å²) in [6.45, 7) is 51.8. The number of rotatable bonds is 46. The van der Waals surface area contributed by atoms with Crippen molar-refractivity contribution in [3.8, 4) is 0 Å². The lowest BCUT2D eigenvalue weighted by Gasteiger charge is -2.38. The van der Waals surface area contributed by atoms with Gasteiger partial charge in [0, 0.05) is 38.5 Å². The van der Waals surface area contributed by atoms with Gasteiger partial charge in [-0.05, 0) is 284 Å². The molecule has 0 saturated carbocycles. The average Bonchev–Trinajstić information content (AvgIpc) is 1.17. The predicted molar refractivity (Wildman–Crippen MR) is 480 cm³/mol. The van der Waals surface area contributed by atoms with Crippen molar-refractivity contribution >= 4 is 47.2 Å². The SMILES string of the molecule is CC.CC(=O)CCC1C(C)=CCCC1(C)C.CC(C)=CCC/C(C)=C/CO.CC1=CCCC(C)(C)C1CCC(=O)CC(=O)O.CCCCCC(CCC(=O)OC/C=C(\C)CCC=C(C)C)OC(=O)CC(=O)CCC1C(C)=CCCC1(C)C.CCCCCC(O)CCC(=O)OC/C=C(\C)CCC=C(C)C.CCCCCC1CCC(=O)O1. The van der Waals surface area contributed by atoms with E-state index in [1.54, 1.807) is 6.92 Å². The number of carboxylic acid groups (broad SMARTS) is 1. The molecule has 4 aliphatic rings. The molecule has 3 N–H and O–H groups in total. The second-order valence-electron chi connectivity index (χ2n) is 35.4. The molecule has 0 radical (unpaired) electrons. The maximum atomic E-state index is 12.6. The van der Waals surface area contributed by atoms with Gasteiger partial charge in [-0.3, -0.25) is 33.6 Å². The minimum atomic E-state index is -1.02. The molecular formula is C100H172O15. The number of aliphatic hydroxyl groups excluding tert-OH is 2. The third-order valence-corrected chi connectivity index (χ3v) is 22.2. The van der Waals surface area contributed by atoms with Gasteiger partial charge in [-0.2, -0.15) is 0 Å². The summed E-state index contributed by atoms with van der Waals surface area (Å²) in [5.41, 5.74) is 12.7. The summed E-state index contributed by atoms with van der Waals surface area (Å²) in [7, 11) is 0. The summed E-state index contributed by atoms with van der Waals surface area (Å²) >= 11 is 0. The van der Waals surface area contributed by atoms with E-state index in [1.807, 2.05) is 39.0 Å². The van der Waals surface area contributed by atoms with Crippen LogP contribution >= 0.6 is 0 Å². The molecular weight excluding hydrogens is 1440 g/mol. The minimum Gasteiger partial charge on any atom is -0.481 e. The van der Waals surface area contributed by atoms with E-state index in [2.05, 4.69) is 175 Å². The zero-order valence-electron chi connectivity index (χ0n) is 77.9. The van der Waals surface area contributed by atoms with Crippen molar-refractivity contribution in [2.24, 2.45) is 34.0 Å². The van der Waals surface area contributed by atoms with Gasteiger partial charge in [-0.1, -0.05) is 214 Å². The quantitative estimate of drug-likeness (QED) is 0.0169. The normalized spacial score (nSPS) is 18.3. The van der Waals surface area contributed by atoms with Crippen LogP contribution in [0.4, 0.5) is 0 Å². The van der Waals surface area contributed by atoms with E-state index in [1.165, 1.54) is 82.3 Å². The van der Waals surface area contributed by atoms with E-state index < -0.39 is 11.9 Å². The molecule has 115 heavy (non-hydrogen) atoms. The van der Waals surface area contributed by atoms with Crippen molar-refractivity contribution in [2.75, 3.05) is 19.8 Å². The molecule has 1 fully saturated rings. The first-order valence-corrected chi connectivity index (χ1v) is 44.8. The summed E-state index contributed by atoms with van der Waals surface area (Å²) in [4.78, 5) is 92.5. The Balaban J connectivity index is -0.00000139. The highest BCUT2D eigenvalue weighted by molar-refractivity contribution is 5.95. The third-order valence-electron chi connectivity index (χ3n) is 22.2. The number of ether oxygens (including phenoxy) is 4. The van der Waals surface area contributed by atoms with Gasteiger partial charge in [-0.15, -0.1) is 0 Å². The smallest absolute Gasteiger partial charge is 0.313 e. The lowest BCUT2D eigenvalue weighted by atomic mass is 9.67. The zero-order chi connectivity index (χ0) is 88.0. The second kappa shape index (κ2) is 67.8. The van der Waals surface area contributed by atoms with E-state index in [0.717, 1.165) is 148 Å². The number of esters is 4. The minimum absolute atomic E-state index is 0.00787. The van der Waals surface area contributed by atoms with Crippen molar-refractivity contribution < 1.29 is 72.6 Å². The number of Topliss-reactive ketones (excluding diaryl/α,β-unsaturated/α-hetero) is 3. The molecule has 15 nitrogen and oxygen atoms in total. The number of carbonyl (C=O) groups excluding carboxylic acids is 7. The highest BCUT2D eigenvalue weighted by atomic mass is 16.6. The zero-order valence-corrected chi connectivity index (χ0v) is 77.9. The topological polar surface area (TPSA) is 234 Å². The van der Waals surface area contributed by atoms with Crippen LogP contribution in [0.3, 0.4) is 0 Å². The van der Waals surface area contributed by atoms with E-state index in [9.17, 15) is 43.5 Å². The first-order valence-electron chi connectivity index (χ1n) is 44.8. The number of cyclic esters (lactones) is 1. The molecule has 0 bridgehead atoms. The maximum Gasteiger partial charge on any atom is 0.313 e. The van der Waals surface area contributed by atoms with E-state index in [-0.39, 0.29) is 91.1 Å². The molecule has 3 aliphatic carbocycles. The number of allylic oxidation sites excluding steroid dienone is 15. The standard InChI is InChI=1S/C33H54O5.C19H34O3.C14H22O3.C13H22O.C10H18O.C9H16O2.C2H6/c1-8-9-10-16-29(18-20-31(35)37-23-21-26(4)14-11-13-25(2)3)38-32(36)24-28(34)17-19-30-27(5)15-12-22-33(30,6)7;1-5-6-7-11-18(20)12-13-19(21)22-15-14-17(4)10-8-9-16(2)3;1-10-5-4-8-14(2,3)12(10)7-6-11(15)9-13(16)17;1-10-6-5-9-13(3,4)12(10)8-7-11(2)14;1-9(2)5-4-6-10(3)7-8-11;1-2-3-4-5-8-6-7-9(10)11-8;1-2/h13,15,21,29-30H,8-12,14,16-20,22-24H2,1-7H3;9,14,18,20H,5-8,10-13,15H2,1-4H3;5,12H,4,6-9H2,1-3H3,(H,16,17);6,12H,5,7-9H2,1-4H3;5,7,11H,4,6,8H2,1-3H3;8H,2-7H2,1H3;1-2H3/b26-21+;17-14+;;;10-7+;;. The van der Waals surface area contributed by atoms with Crippen LogP contribution in [0.1, 0.15) is 410 Å². The van der Waals surface area contributed by atoms with Crippen molar-refractivity contribution in [3.05, 3.63) is 105 Å². The molecule has 4 rings (SSSR count). The molecule has 1 saturated heterocycles. The molecule has 6 unspecified atom stereocenters. The van der Waals surface area contributed by atoms with Crippen LogP contribution in [0.25, 0.3) is 0 Å². The number of carbonyl (C=O) groups is 8. The second-order valence-corrected chi connectivity index (χ2v) is 35.4. The Morgan fingerprint density at radius 3 is 1.23 bits per heavy atom. The van der Waals surface area contributed by atoms with Crippen LogP contribution in [-0.4, -0.2) is 101 Å². The van der Waals surface area contributed by atoms with Gasteiger partial charge in [0.25, 0.3) is 0 Å². The fraction of sp³-hybridized carbons (Fsp3) is 0.740. The van der Waals surface area contributed by atoms with Gasteiger partial charge in [-0.25, -0.2) is 0 Å². The molecule has 0 aromatic carbocycles. The molecule has 0 spiro atoms. The summed E-state index contributed by atoms with van der Waals surface area (Å²) in [5, 5.41) is 26.9. The lowest BCUT2D eigenvalue weighted by molar-refractivity contribution is -0.154. The van der Waals surface area contributed by atoms with Gasteiger partial charge in [0.1, 0.15) is 55.6 Å². The average molecular weight is 1610 g/mol. The first-order chi connectivity index (χ1) is 54.1. The molecule has 0 aromatic rings. The largest absolute Gasteiger partial charge is 0.481 e. The van der Waals surface area contributed by atoms with Crippen LogP contribution in [0.2, 0.25) is 0 Å². The Morgan fingerprint density at radius 2 is 0.861 bits per heavy atom. The number of ketones is 3. The number of hydrogen-bond donors (Lipinski definition) is 3. The van der Waals surface area contributed by atoms with Crippen molar-refractivity contribution in [1.29, 1.82) is 0 Å². The van der Waals surface area contributed by atoms with Gasteiger partial charge in [0.15, 0.2) is 0 Å². The fourth-order valence-corrected chi connectivity index (χ4v) is 14.9. The number of hydrogen-bond acceptors (Lipinski definition) is 14. The van der Waals surface area contributed by atoms with Crippen molar-refractivity contribution in [2.45, 2.75) is 428 Å². The van der Waals surface area contributed by atoms with Crippen LogP contribution < -0.4 is 0 Å². The van der Waals surface area contributed by atoms with E-state index in [4.69, 9.17) is 29.2 Å². The number of aliphatic carboxylic acids is 1. The molecule has 0 aromatic heterocycles. The lowest BCUT2D eigenvalue weighted by Crippen LogP contribution is -2.28. The third kappa shape index (κ3) is 62.8. The Hall–Kier alpha value is -6.06. The predicted octanol–water partition coefficient (Wildman–Crippen LogP) is 26.5. The first kappa shape index (κ1) is 113. The van der Waals surface area contributed by atoms with Gasteiger partial charge < -0.3 is 39.1 Å². The highest BCUT2D eigenvalue weighted by Crippen LogP contribution is 2.46. The number of carboxylic acids is 1. The molecule has 1 heterocycles. The molecule has 1 aliphatic heterocycles. The fourth-order valence-electron chi connectivity index (χ4n) is 14.9. The van der Waals surface area contributed by atoms with Crippen LogP contribution in [0.5, 0.6) is 0 Å². The maximum absolute atomic E-state index is 12.6. The number of unbranched alkanes of at least 4 members (excludes halogenated alkanes) is 6. The summed E-state index contributed by atoms with van der Waals surface area (Å²) in [5.74, 6) is -0.526. The van der Waals surface area contributed by atoms with Gasteiger partial charge in [0.05, 0.1) is 12.7 Å². The Bertz CT molecular complexity index is 3030. The molecule has 0 amide bonds. The molecule has 662 valence electrons. The molecule has 6 atom stereocenters. The Labute approximate surface area is 703 Å². The van der Waals surface area contributed by atoms with Gasteiger partial charge >= 0.3 is 29.8 Å². The Kier molecular flexibility index (Phi) is 66.7. The van der Waals surface area contributed by atoms with Crippen molar-refractivity contribution in [3.63, 3.8) is 0 Å². The Morgan fingerprint density at radius 1 is 0.478 bits per heavy atom. The van der Waals surface area contributed by atoms with Crippen LogP contribution in [0.15, 0.2) is 105 Å². The van der Waals surface area contributed by atoms with E-state index in [0.29, 0.717) is 80.5 Å². The highest BCUT2D eigenvalue weighted by Gasteiger charge is 2.35. The monoisotopic (exact) mass is 1610 g/mol. The van der Waals surface area contributed by atoms with Crippen LogP contribution in [-0.2, 0) is 57.3 Å². The van der Waals surface area contributed by atoms with Crippen LogP contribution in [0, 0.1) is 34.0 Å². The number of aliphatic hydroxyl groups is 2. The molecule has 15 heteroatoms. The van der Waals surface area contributed by atoms with Gasteiger partial charge in [0.2, 0.25) is 0 Å². The summed E-state index contributed by atoms with van der Waals surface area (Å²) in [6.07, 6.45) is 51.0.